The van der Waals surface area contributed by atoms with E-state index in [1.54, 1.807) is 0 Å². The second-order valence-electron chi connectivity index (χ2n) is 4.35. The Morgan fingerprint density at radius 2 is 2.00 bits per heavy atom. The number of hydrogen-bond donors (Lipinski definition) is 0. The molecule has 0 amide bonds. The van der Waals surface area contributed by atoms with Crippen LogP contribution in [0.25, 0.3) is 0 Å². The maximum atomic E-state index is 11.7. The Balaban J connectivity index is 1.99. The van der Waals surface area contributed by atoms with Gasteiger partial charge < -0.3 is 0 Å². The van der Waals surface area contributed by atoms with E-state index in [0.717, 1.165) is 19.5 Å². The van der Waals surface area contributed by atoms with Gasteiger partial charge in [0.25, 0.3) is 0 Å². The zero-order valence-electron chi connectivity index (χ0n) is 8.46. The van der Waals surface area contributed by atoms with Crippen LogP contribution < -0.4 is 0 Å². The minimum Gasteiger partial charge on any atom is -0.298 e. The summed E-state index contributed by atoms with van der Waals surface area (Å²) >= 11 is 0. The summed E-state index contributed by atoms with van der Waals surface area (Å²) in [7, 11) is 0. The molecule has 2 nitrogen and oxygen atoms in total. The van der Waals surface area contributed by atoms with Gasteiger partial charge >= 0.3 is 0 Å². The van der Waals surface area contributed by atoms with Crippen LogP contribution in [0, 0.1) is 5.92 Å². The number of likely N-dealkylation sites (tertiary alicyclic amines) is 1. The summed E-state index contributed by atoms with van der Waals surface area (Å²) in [5.74, 6) is 1.19. The summed E-state index contributed by atoms with van der Waals surface area (Å²) in [5, 5.41) is 0. The number of hydrogen-bond acceptors (Lipinski definition) is 2. The van der Waals surface area contributed by atoms with E-state index in [9.17, 15) is 4.79 Å². The molecule has 2 rings (SSSR count). The van der Waals surface area contributed by atoms with Crippen LogP contribution in [0.2, 0.25) is 0 Å². The van der Waals surface area contributed by atoms with Crippen LogP contribution in [-0.4, -0.2) is 29.8 Å². The van der Waals surface area contributed by atoms with Gasteiger partial charge in [-0.3, -0.25) is 9.69 Å². The highest BCUT2D eigenvalue weighted by Crippen LogP contribution is 2.37. The quantitative estimate of drug-likeness (QED) is 0.659. The molecule has 74 valence electrons. The molecule has 2 heteroatoms. The lowest BCUT2D eigenvalue weighted by Gasteiger charge is -2.25. The third kappa shape index (κ3) is 1.93. The van der Waals surface area contributed by atoms with E-state index < -0.39 is 0 Å². The summed E-state index contributed by atoms with van der Waals surface area (Å²) in [4.78, 5) is 14.2. The fourth-order valence-corrected chi connectivity index (χ4v) is 2.41. The second-order valence-corrected chi connectivity index (χ2v) is 4.35. The van der Waals surface area contributed by atoms with E-state index in [0.29, 0.717) is 17.7 Å². The first-order valence-corrected chi connectivity index (χ1v) is 5.59. The molecule has 0 N–H and O–H groups in total. The fraction of sp³-hybridized carbons (Fsp3) is 0.909. The first kappa shape index (κ1) is 9.20. The molecule has 13 heavy (non-hydrogen) atoms. The topological polar surface area (TPSA) is 20.3 Å². The number of rotatable bonds is 4. The van der Waals surface area contributed by atoms with Gasteiger partial charge in [0.1, 0.15) is 5.78 Å². The molecule has 0 radical (unpaired) electrons. The van der Waals surface area contributed by atoms with E-state index in [2.05, 4.69) is 4.90 Å². The van der Waals surface area contributed by atoms with Crippen molar-refractivity contribution in [3.05, 3.63) is 0 Å². The summed E-state index contributed by atoms with van der Waals surface area (Å²) in [5.41, 5.74) is 0. The lowest BCUT2D eigenvalue weighted by atomic mass is 10.0. The lowest BCUT2D eigenvalue weighted by Crippen LogP contribution is -2.40. The predicted molar refractivity (Wildman–Crippen MR) is 52.6 cm³/mol. The van der Waals surface area contributed by atoms with Gasteiger partial charge in [-0.2, -0.15) is 0 Å². The van der Waals surface area contributed by atoms with Gasteiger partial charge in [0, 0.05) is 6.42 Å². The Kier molecular flexibility index (Phi) is 2.68. The van der Waals surface area contributed by atoms with Crippen molar-refractivity contribution in [3.8, 4) is 0 Å². The van der Waals surface area contributed by atoms with Crippen LogP contribution in [0.15, 0.2) is 0 Å². The Morgan fingerprint density at radius 1 is 1.38 bits per heavy atom. The van der Waals surface area contributed by atoms with Crippen LogP contribution in [0.1, 0.15) is 39.0 Å². The van der Waals surface area contributed by atoms with E-state index in [1.807, 2.05) is 6.92 Å². The number of carbonyl (C=O) groups excluding carboxylic acids is 1. The number of Topliss-reactive ketones (excluding diaryl/α,β-unsaturated/α-hetero) is 1. The van der Waals surface area contributed by atoms with Crippen molar-refractivity contribution < 1.29 is 4.79 Å². The minimum atomic E-state index is 0.299. The maximum absolute atomic E-state index is 11.7. The van der Waals surface area contributed by atoms with Crippen molar-refractivity contribution in [1.82, 2.24) is 4.90 Å². The maximum Gasteiger partial charge on any atom is 0.149 e. The van der Waals surface area contributed by atoms with Crippen LogP contribution in [0.5, 0.6) is 0 Å². The first-order chi connectivity index (χ1) is 6.33. The fourth-order valence-electron chi connectivity index (χ4n) is 2.41. The molecule has 1 heterocycles. The molecular weight excluding hydrogens is 162 g/mol. The Hall–Kier alpha value is -0.370. The van der Waals surface area contributed by atoms with Gasteiger partial charge in [-0.25, -0.2) is 0 Å². The molecular formula is C11H19NO. The second kappa shape index (κ2) is 3.79. The van der Waals surface area contributed by atoms with Gasteiger partial charge in [0.15, 0.2) is 0 Å². The highest BCUT2D eigenvalue weighted by molar-refractivity contribution is 5.84. The van der Waals surface area contributed by atoms with E-state index in [-0.39, 0.29) is 0 Å². The van der Waals surface area contributed by atoms with Crippen LogP contribution in [0.4, 0.5) is 0 Å². The third-order valence-electron chi connectivity index (χ3n) is 3.28. The summed E-state index contributed by atoms with van der Waals surface area (Å²) in [6.45, 7) is 4.31. The molecule has 0 aromatic heterocycles. The minimum absolute atomic E-state index is 0.299. The molecule has 2 aliphatic rings. The first-order valence-electron chi connectivity index (χ1n) is 5.59. The Labute approximate surface area is 80.3 Å². The molecule has 1 saturated carbocycles. The third-order valence-corrected chi connectivity index (χ3v) is 3.28. The number of carbonyl (C=O) groups is 1. The van der Waals surface area contributed by atoms with Crippen molar-refractivity contribution in [2.45, 2.75) is 45.1 Å². The standard InChI is InChI=1S/C11H19NO/c1-2-10(13)11(9-5-6-9)12-7-3-4-8-12/h9,11H,2-8H2,1H3. The molecule has 0 bridgehead atoms. The van der Waals surface area contributed by atoms with E-state index >= 15 is 0 Å². The summed E-state index contributed by atoms with van der Waals surface area (Å²) in [6, 6.07) is 0.299. The van der Waals surface area contributed by atoms with Gasteiger partial charge in [-0.05, 0) is 44.7 Å². The van der Waals surface area contributed by atoms with Crippen molar-refractivity contribution >= 4 is 5.78 Å². The highest BCUT2D eigenvalue weighted by atomic mass is 16.1. The van der Waals surface area contributed by atoms with E-state index in [1.165, 1.54) is 25.7 Å². The Bertz CT molecular complexity index is 192. The molecule has 1 saturated heterocycles. The Morgan fingerprint density at radius 3 is 2.46 bits per heavy atom. The molecule has 1 atom stereocenters. The van der Waals surface area contributed by atoms with Crippen molar-refractivity contribution in [3.63, 3.8) is 0 Å². The molecule has 0 spiro atoms. The average molecular weight is 181 g/mol. The molecule has 1 unspecified atom stereocenters. The average Bonchev–Trinajstić information content (AvgIpc) is 2.81. The van der Waals surface area contributed by atoms with Crippen molar-refractivity contribution in [2.24, 2.45) is 5.92 Å². The van der Waals surface area contributed by atoms with Crippen molar-refractivity contribution in [1.29, 1.82) is 0 Å². The van der Waals surface area contributed by atoms with Crippen LogP contribution >= 0.6 is 0 Å². The van der Waals surface area contributed by atoms with Gasteiger partial charge in [0.05, 0.1) is 6.04 Å². The van der Waals surface area contributed by atoms with Crippen LogP contribution in [-0.2, 0) is 4.79 Å². The van der Waals surface area contributed by atoms with Crippen molar-refractivity contribution in [2.75, 3.05) is 13.1 Å². The number of ketones is 1. The zero-order chi connectivity index (χ0) is 9.26. The van der Waals surface area contributed by atoms with Gasteiger partial charge in [-0.1, -0.05) is 6.92 Å². The summed E-state index contributed by atoms with van der Waals surface area (Å²) < 4.78 is 0. The lowest BCUT2D eigenvalue weighted by molar-refractivity contribution is -0.124. The highest BCUT2D eigenvalue weighted by Gasteiger charge is 2.39. The largest absolute Gasteiger partial charge is 0.298 e. The van der Waals surface area contributed by atoms with Gasteiger partial charge in [0.2, 0.25) is 0 Å². The zero-order valence-corrected chi connectivity index (χ0v) is 8.46. The van der Waals surface area contributed by atoms with Gasteiger partial charge in [-0.15, -0.1) is 0 Å². The number of nitrogens with zero attached hydrogens (tertiary/aromatic N) is 1. The van der Waals surface area contributed by atoms with E-state index in [4.69, 9.17) is 0 Å². The normalized spacial score (nSPS) is 26.2. The molecule has 0 aromatic rings. The summed E-state index contributed by atoms with van der Waals surface area (Å²) in [6.07, 6.45) is 5.87. The predicted octanol–water partition coefficient (Wildman–Crippen LogP) is 1.84. The SMILES string of the molecule is CCC(=O)C(C1CC1)N1CCCC1. The molecule has 0 aromatic carbocycles. The molecule has 1 aliphatic carbocycles. The molecule has 2 fully saturated rings. The smallest absolute Gasteiger partial charge is 0.149 e. The van der Waals surface area contributed by atoms with Crippen LogP contribution in [0.3, 0.4) is 0 Å². The molecule has 1 aliphatic heterocycles. The monoisotopic (exact) mass is 181 g/mol.